The summed E-state index contributed by atoms with van der Waals surface area (Å²) in [7, 11) is 0. The smallest absolute Gasteiger partial charge is 0.181 e. The van der Waals surface area contributed by atoms with Gasteiger partial charge >= 0.3 is 0 Å². The average Bonchev–Trinajstić information content (AvgIpc) is 3.37. The van der Waals surface area contributed by atoms with Crippen LogP contribution in [0.4, 0.5) is 10.1 Å². The molecule has 158 valence electrons. The van der Waals surface area contributed by atoms with Crippen molar-refractivity contribution < 1.29 is 13.6 Å². The standard InChI is InChI=1S/C24H28FN3O2/c1-17-15-23(18(2)28(17)16-22-5-4-14-30-22)24(29)19(3)26-10-12-27(13-11-26)21-8-6-20(25)7-9-21/h4-9,14-15,19H,10-13,16H2,1-3H3/t19-/m1/s1. The first-order valence-electron chi connectivity index (χ1n) is 10.4. The number of benzene rings is 1. The number of furan rings is 1. The van der Waals surface area contributed by atoms with Crippen molar-refractivity contribution >= 4 is 11.5 Å². The molecule has 3 heterocycles. The summed E-state index contributed by atoms with van der Waals surface area (Å²) in [6.45, 7) is 9.89. The number of piperazine rings is 1. The Bertz CT molecular complexity index is 1000. The highest BCUT2D eigenvalue weighted by molar-refractivity contribution is 6.01. The third kappa shape index (κ3) is 4.05. The molecule has 1 atom stereocenters. The van der Waals surface area contributed by atoms with E-state index in [0.29, 0.717) is 6.54 Å². The number of hydrogen-bond acceptors (Lipinski definition) is 4. The molecule has 0 unspecified atom stereocenters. The number of nitrogens with zero attached hydrogens (tertiary/aromatic N) is 3. The molecule has 3 aromatic rings. The SMILES string of the molecule is Cc1cc(C(=O)[C@@H](C)N2CCN(c3ccc(F)cc3)CC2)c(C)n1Cc1ccco1. The fourth-order valence-electron chi connectivity index (χ4n) is 4.26. The van der Waals surface area contributed by atoms with Gasteiger partial charge in [0.25, 0.3) is 0 Å². The highest BCUT2D eigenvalue weighted by Crippen LogP contribution is 2.22. The largest absolute Gasteiger partial charge is 0.467 e. The molecule has 5 nitrogen and oxygen atoms in total. The van der Waals surface area contributed by atoms with E-state index in [1.165, 1.54) is 12.1 Å². The Labute approximate surface area is 176 Å². The van der Waals surface area contributed by atoms with E-state index in [2.05, 4.69) is 14.4 Å². The molecule has 1 saturated heterocycles. The Morgan fingerprint density at radius 3 is 2.43 bits per heavy atom. The molecule has 0 aliphatic carbocycles. The van der Waals surface area contributed by atoms with Crippen LogP contribution in [-0.2, 0) is 6.54 Å². The molecule has 0 N–H and O–H groups in total. The Morgan fingerprint density at radius 1 is 1.10 bits per heavy atom. The van der Waals surface area contributed by atoms with E-state index < -0.39 is 0 Å². The van der Waals surface area contributed by atoms with Crippen molar-refractivity contribution in [3.8, 4) is 0 Å². The minimum absolute atomic E-state index is 0.157. The average molecular weight is 410 g/mol. The van der Waals surface area contributed by atoms with Crippen molar-refractivity contribution in [3.63, 3.8) is 0 Å². The van der Waals surface area contributed by atoms with Crippen LogP contribution in [0, 0.1) is 19.7 Å². The summed E-state index contributed by atoms with van der Waals surface area (Å²) in [5.41, 5.74) is 3.84. The fraction of sp³-hybridized carbons (Fsp3) is 0.375. The van der Waals surface area contributed by atoms with Crippen molar-refractivity contribution in [1.29, 1.82) is 0 Å². The Balaban J connectivity index is 1.42. The number of ketones is 1. The van der Waals surface area contributed by atoms with E-state index in [9.17, 15) is 9.18 Å². The molecular weight excluding hydrogens is 381 g/mol. The summed E-state index contributed by atoms with van der Waals surface area (Å²) >= 11 is 0. The van der Waals surface area contributed by atoms with Gasteiger partial charge in [0.15, 0.2) is 5.78 Å². The zero-order chi connectivity index (χ0) is 21.3. The van der Waals surface area contributed by atoms with Crippen LogP contribution in [-0.4, -0.2) is 47.5 Å². The minimum Gasteiger partial charge on any atom is -0.467 e. The van der Waals surface area contributed by atoms with Crippen molar-refractivity contribution in [2.45, 2.75) is 33.4 Å². The maximum atomic E-state index is 13.3. The summed E-state index contributed by atoms with van der Waals surface area (Å²) in [5.74, 6) is 0.811. The number of carbonyl (C=O) groups is 1. The Hall–Kier alpha value is -2.86. The zero-order valence-electron chi connectivity index (χ0n) is 17.8. The molecule has 4 rings (SSSR count). The van der Waals surface area contributed by atoms with Crippen molar-refractivity contribution in [2.24, 2.45) is 0 Å². The quantitative estimate of drug-likeness (QED) is 0.570. The van der Waals surface area contributed by atoms with Crippen LogP contribution in [0.15, 0.2) is 53.1 Å². The number of anilines is 1. The summed E-state index contributed by atoms with van der Waals surface area (Å²) in [5, 5.41) is 0. The molecule has 0 spiro atoms. The van der Waals surface area contributed by atoms with Gasteiger partial charge in [0.05, 0.1) is 18.8 Å². The molecular formula is C24H28FN3O2. The van der Waals surface area contributed by atoms with Gasteiger partial charge in [0.1, 0.15) is 11.6 Å². The highest BCUT2D eigenvalue weighted by Gasteiger charge is 2.28. The number of aromatic nitrogens is 1. The van der Waals surface area contributed by atoms with E-state index in [4.69, 9.17) is 4.42 Å². The lowest BCUT2D eigenvalue weighted by molar-refractivity contribution is 0.0829. The summed E-state index contributed by atoms with van der Waals surface area (Å²) < 4.78 is 20.8. The molecule has 0 saturated carbocycles. The number of rotatable bonds is 6. The van der Waals surface area contributed by atoms with Crippen molar-refractivity contribution in [1.82, 2.24) is 9.47 Å². The monoisotopic (exact) mass is 409 g/mol. The Morgan fingerprint density at radius 2 is 1.80 bits per heavy atom. The van der Waals surface area contributed by atoms with Gasteiger partial charge in [-0.15, -0.1) is 0 Å². The lowest BCUT2D eigenvalue weighted by Gasteiger charge is -2.38. The predicted octanol–water partition coefficient (Wildman–Crippen LogP) is 4.28. The topological polar surface area (TPSA) is 41.6 Å². The third-order valence-electron chi connectivity index (χ3n) is 6.17. The molecule has 0 bridgehead atoms. The number of Topliss-reactive ketones (excluding diaryl/α,β-unsaturated/α-hetero) is 1. The summed E-state index contributed by atoms with van der Waals surface area (Å²) in [6, 6.07) is 12.2. The van der Waals surface area contributed by atoms with Crippen molar-refractivity contribution in [3.05, 3.63) is 77.3 Å². The van der Waals surface area contributed by atoms with Gasteiger partial charge < -0.3 is 13.9 Å². The summed E-state index contributed by atoms with van der Waals surface area (Å²) in [4.78, 5) is 17.8. The number of carbonyl (C=O) groups excluding carboxylic acids is 1. The molecule has 30 heavy (non-hydrogen) atoms. The van der Waals surface area contributed by atoms with Crippen LogP contribution in [0.25, 0.3) is 0 Å². The van der Waals surface area contributed by atoms with E-state index in [0.717, 1.165) is 54.6 Å². The normalized spacial score (nSPS) is 16.1. The van der Waals surface area contributed by atoms with Crippen LogP contribution in [0.3, 0.4) is 0 Å². The minimum atomic E-state index is -0.221. The van der Waals surface area contributed by atoms with Gasteiger partial charge in [-0.1, -0.05) is 0 Å². The fourth-order valence-corrected chi connectivity index (χ4v) is 4.26. The lowest BCUT2D eigenvalue weighted by Crippen LogP contribution is -2.51. The van der Waals surface area contributed by atoms with Gasteiger partial charge in [0, 0.05) is 48.8 Å². The van der Waals surface area contributed by atoms with Crippen LogP contribution >= 0.6 is 0 Å². The van der Waals surface area contributed by atoms with Gasteiger partial charge in [-0.25, -0.2) is 4.39 Å². The molecule has 1 aliphatic rings. The zero-order valence-corrected chi connectivity index (χ0v) is 17.8. The second-order valence-corrected chi connectivity index (χ2v) is 7.99. The molecule has 0 amide bonds. The maximum absolute atomic E-state index is 13.3. The van der Waals surface area contributed by atoms with Gasteiger partial charge in [0.2, 0.25) is 0 Å². The molecule has 1 aliphatic heterocycles. The first-order chi connectivity index (χ1) is 14.4. The number of aryl methyl sites for hydroxylation is 1. The Kier molecular flexibility index (Phi) is 5.77. The lowest BCUT2D eigenvalue weighted by atomic mass is 10.0. The highest BCUT2D eigenvalue weighted by atomic mass is 19.1. The second kappa shape index (κ2) is 8.48. The first-order valence-corrected chi connectivity index (χ1v) is 10.4. The van der Waals surface area contributed by atoms with Crippen LogP contribution in [0.2, 0.25) is 0 Å². The summed E-state index contributed by atoms with van der Waals surface area (Å²) in [6.07, 6.45) is 1.67. The predicted molar refractivity (Wildman–Crippen MR) is 116 cm³/mol. The number of hydrogen-bond donors (Lipinski definition) is 0. The number of halogens is 1. The van der Waals surface area contributed by atoms with Gasteiger partial charge in [-0.2, -0.15) is 0 Å². The second-order valence-electron chi connectivity index (χ2n) is 7.99. The molecule has 2 aromatic heterocycles. The molecule has 0 radical (unpaired) electrons. The van der Waals surface area contributed by atoms with E-state index in [1.807, 2.05) is 51.1 Å². The third-order valence-corrected chi connectivity index (χ3v) is 6.17. The van der Waals surface area contributed by atoms with E-state index in [1.54, 1.807) is 6.26 Å². The molecule has 1 fully saturated rings. The van der Waals surface area contributed by atoms with Crippen LogP contribution < -0.4 is 4.90 Å². The first kappa shape index (κ1) is 20.4. The van der Waals surface area contributed by atoms with Gasteiger partial charge in [-0.3, -0.25) is 9.69 Å². The van der Waals surface area contributed by atoms with Crippen molar-refractivity contribution in [2.75, 3.05) is 31.1 Å². The molecule has 6 heteroatoms. The van der Waals surface area contributed by atoms with Crippen LogP contribution in [0.5, 0.6) is 0 Å². The van der Waals surface area contributed by atoms with E-state index in [-0.39, 0.29) is 17.6 Å². The van der Waals surface area contributed by atoms with E-state index >= 15 is 0 Å². The van der Waals surface area contributed by atoms with Gasteiger partial charge in [-0.05, 0) is 63.2 Å². The molecule has 1 aromatic carbocycles. The van der Waals surface area contributed by atoms with Crippen LogP contribution in [0.1, 0.15) is 34.4 Å². The maximum Gasteiger partial charge on any atom is 0.181 e.